The predicted molar refractivity (Wildman–Crippen MR) is 117 cm³/mol. The summed E-state index contributed by atoms with van der Waals surface area (Å²) in [4.78, 5) is 29.3. The van der Waals surface area contributed by atoms with Crippen LogP contribution in [0.15, 0.2) is 18.2 Å². The van der Waals surface area contributed by atoms with Crippen molar-refractivity contribution in [3.63, 3.8) is 0 Å². The fraction of sp³-hybridized carbons (Fsp3) is 0.636. The van der Waals surface area contributed by atoms with Crippen LogP contribution in [0, 0.1) is 5.41 Å². The van der Waals surface area contributed by atoms with Crippen LogP contribution < -0.4 is 9.64 Å². The van der Waals surface area contributed by atoms with Gasteiger partial charge < -0.3 is 19.2 Å². The molecule has 2 aliphatic heterocycles. The Hall–Kier alpha value is -2.06. The summed E-state index contributed by atoms with van der Waals surface area (Å²) in [6.45, 7) is 11.3. The third-order valence-electron chi connectivity index (χ3n) is 7.47. The maximum absolute atomic E-state index is 13.6. The monoisotopic (exact) mass is 432 g/mol. The molecule has 1 spiro atoms. The summed E-state index contributed by atoms with van der Waals surface area (Å²) in [6, 6.07) is 4.72. The molecule has 2 fully saturated rings. The first-order valence-corrected chi connectivity index (χ1v) is 13.5. The first kappa shape index (κ1) is 21.2. The average molecular weight is 433 g/mol. The summed E-state index contributed by atoms with van der Waals surface area (Å²) in [5, 5.41) is 10.2. The molecular weight excluding hydrogens is 400 g/mol. The number of carbonyl (C=O) groups is 2. The summed E-state index contributed by atoms with van der Waals surface area (Å²) in [7, 11) is -0.776. The molecule has 3 aliphatic rings. The normalized spacial score (nSPS) is 25.1. The molecule has 8 heteroatoms. The van der Waals surface area contributed by atoms with Gasteiger partial charge in [0, 0.05) is 6.54 Å². The fourth-order valence-corrected chi connectivity index (χ4v) is 5.64. The van der Waals surface area contributed by atoms with Gasteiger partial charge in [-0.1, -0.05) is 20.8 Å². The van der Waals surface area contributed by atoms with Gasteiger partial charge in [-0.15, -0.1) is 0 Å². The highest BCUT2D eigenvalue weighted by Crippen LogP contribution is 2.57. The Morgan fingerprint density at radius 2 is 1.93 bits per heavy atom. The lowest BCUT2D eigenvalue weighted by Gasteiger charge is -2.44. The molecule has 30 heavy (non-hydrogen) atoms. The molecule has 1 aromatic carbocycles. The third-order valence-corrected chi connectivity index (χ3v) is 11.9. The first-order valence-electron chi connectivity index (χ1n) is 10.6. The zero-order valence-corrected chi connectivity index (χ0v) is 19.7. The number of fused-ring (bicyclic) bond motifs is 2. The molecule has 0 bridgehead atoms. The minimum atomic E-state index is -2.32. The number of benzene rings is 1. The largest absolute Gasteiger partial charge is 0.497 e. The Morgan fingerprint density at radius 3 is 2.47 bits per heavy atom. The van der Waals surface area contributed by atoms with E-state index >= 15 is 0 Å². The van der Waals surface area contributed by atoms with E-state index in [1.807, 2.05) is 4.90 Å². The Morgan fingerprint density at radius 1 is 1.27 bits per heavy atom. The number of amides is 2. The lowest BCUT2D eigenvalue weighted by atomic mass is 10.0. The van der Waals surface area contributed by atoms with Crippen LogP contribution in [0.5, 0.6) is 5.75 Å². The molecule has 2 heterocycles. The van der Waals surface area contributed by atoms with Gasteiger partial charge in [0.2, 0.25) is 0 Å². The molecule has 1 saturated carbocycles. The lowest BCUT2D eigenvalue weighted by molar-refractivity contribution is 0.0541. The second-order valence-electron chi connectivity index (χ2n) is 10.5. The second kappa shape index (κ2) is 6.72. The standard InChI is InChI=1S/C22H32N2O5Si/c1-21(2,3)30(5,6)29-19-17-12-22(9-10-22)13-23(17)18(25)15-11-14(28-4)7-8-16(15)24(19)20(26)27/h7-8,11,17,19H,9-10,12-13H2,1-6H3,(H,26,27). The van der Waals surface area contributed by atoms with Crippen LogP contribution in [-0.4, -0.2) is 56.2 Å². The van der Waals surface area contributed by atoms with Crippen molar-refractivity contribution in [3.05, 3.63) is 23.8 Å². The smallest absolute Gasteiger partial charge is 0.414 e. The summed E-state index contributed by atoms with van der Waals surface area (Å²) < 4.78 is 12.1. The van der Waals surface area contributed by atoms with Crippen LogP contribution in [0.1, 0.15) is 50.4 Å². The molecule has 1 aliphatic carbocycles. The van der Waals surface area contributed by atoms with E-state index in [0.717, 1.165) is 19.3 Å². The van der Waals surface area contributed by atoms with Crippen molar-refractivity contribution in [2.24, 2.45) is 5.41 Å². The molecule has 1 aromatic rings. The highest BCUT2D eigenvalue weighted by molar-refractivity contribution is 6.74. The molecule has 1 N–H and O–H groups in total. The van der Waals surface area contributed by atoms with E-state index in [-0.39, 0.29) is 22.4 Å². The van der Waals surface area contributed by atoms with E-state index < -0.39 is 20.6 Å². The molecule has 164 valence electrons. The lowest BCUT2D eigenvalue weighted by Crippen LogP contribution is -2.57. The Kier molecular flexibility index (Phi) is 4.74. The van der Waals surface area contributed by atoms with E-state index in [0.29, 0.717) is 23.5 Å². The van der Waals surface area contributed by atoms with Gasteiger partial charge in [-0.3, -0.25) is 4.79 Å². The van der Waals surface area contributed by atoms with Crippen LogP contribution in [0.2, 0.25) is 18.1 Å². The summed E-state index contributed by atoms with van der Waals surface area (Å²) in [6.07, 6.45) is 1.13. The molecule has 2 unspecified atom stereocenters. The molecule has 1 saturated heterocycles. The van der Waals surface area contributed by atoms with Crippen molar-refractivity contribution in [3.8, 4) is 5.75 Å². The van der Waals surface area contributed by atoms with Crippen molar-refractivity contribution >= 4 is 26.0 Å². The van der Waals surface area contributed by atoms with Crippen LogP contribution in [0.25, 0.3) is 0 Å². The molecule has 0 radical (unpaired) electrons. The van der Waals surface area contributed by atoms with Gasteiger partial charge in [0.25, 0.3) is 5.91 Å². The highest BCUT2D eigenvalue weighted by Gasteiger charge is 2.59. The molecule has 0 aromatic heterocycles. The molecule has 2 atom stereocenters. The minimum absolute atomic E-state index is 0.0864. The number of anilines is 1. The topological polar surface area (TPSA) is 79.3 Å². The van der Waals surface area contributed by atoms with E-state index in [1.54, 1.807) is 25.3 Å². The fourth-order valence-electron chi connectivity index (χ4n) is 4.42. The van der Waals surface area contributed by atoms with Crippen molar-refractivity contribution in [2.75, 3.05) is 18.6 Å². The number of carbonyl (C=O) groups excluding carboxylic acids is 1. The van der Waals surface area contributed by atoms with Crippen molar-refractivity contribution in [1.82, 2.24) is 4.90 Å². The van der Waals surface area contributed by atoms with Gasteiger partial charge >= 0.3 is 6.09 Å². The number of nitrogens with zero attached hydrogens (tertiary/aromatic N) is 2. The quantitative estimate of drug-likeness (QED) is 0.710. The van der Waals surface area contributed by atoms with E-state index in [9.17, 15) is 14.7 Å². The number of carboxylic acid groups (broad SMARTS) is 1. The van der Waals surface area contributed by atoms with Gasteiger partial charge in [0.15, 0.2) is 14.5 Å². The SMILES string of the molecule is COc1ccc2c(c1)C(=O)N1CC3(CC3)CC1C(O[Si](C)(C)C(C)(C)C)N2C(=O)O. The van der Waals surface area contributed by atoms with Gasteiger partial charge in [-0.25, -0.2) is 9.69 Å². The van der Waals surface area contributed by atoms with Crippen molar-refractivity contribution in [1.29, 1.82) is 0 Å². The summed E-state index contributed by atoms with van der Waals surface area (Å²) >= 11 is 0. The first-order chi connectivity index (χ1) is 13.9. The number of rotatable bonds is 3. The summed E-state index contributed by atoms with van der Waals surface area (Å²) in [5.74, 6) is 0.401. The van der Waals surface area contributed by atoms with Gasteiger partial charge in [-0.2, -0.15) is 0 Å². The number of ether oxygens (including phenoxy) is 1. The zero-order chi connectivity index (χ0) is 22.1. The van der Waals surface area contributed by atoms with Gasteiger partial charge in [0.1, 0.15) is 5.75 Å². The number of methoxy groups -OCH3 is 1. The van der Waals surface area contributed by atoms with E-state index in [2.05, 4.69) is 33.9 Å². The highest BCUT2D eigenvalue weighted by atomic mass is 28.4. The summed E-state index contributed by atoms with van der Waals surface area (Å²) in [5.41, 5.74) is 0.854. The van der Waals surface area contributed by atoms with Crippen LogP contribution >= 0.6 is 0 Å². The second-order valence-corrected chi connectivity index (χ2v) is 15.3. The molecule has 2 amide bonds. The minimum Gasteiger partial charge on any atom is -0.497 e. The molecule has 4 rings (SSSR count). The van der Waals surface area contributed by atoms with Crippen LogP contribution in [0.3, 0.4) is 0 Å². The maximum Gasteiger partial charge on any atom is 0.414 e. The van der Waals surface area contributed by atoms with Crippen molar-refractivity contribution in [2.45, 2.75) is 70.4 Å². The van der Waals surface area contributed by atoms with Crippen molar-refractivity contribution < 1.29 is 23.9 Å². The van der Waals surface area contributed by atoms with E-state index in [4.69, 9.17) is 9.16 Å². The van der Waals surface area contributed by atoms with Gasteiger partial charge in [-0.05, 0) is 61.0 Å². The predicted octanol–water partition coefficient (Wildman–Crippen LogP) is 4.54. The van der Waals surface area contributed by atoms with Crippen LogP contribution in [0.4, 0.5) is 10.5 Å². The Labute approximate surface area is 179 Å². The Bertz CT molecular complexity index is 890. The third kappa shape index (κ3) is 3.30. The molecule has 7 nitrogen and oxygen atoms in total. The van der Waals surface area contributed by atoms with Gasteiger partial charge in [0.05, 0.1) is 24.4 Å². The van der Waals surface area contributed by atoms with E-state index in [1.165, 1.54) is 4.90 Å². The number of hydrogen-bond donors (Lipinski definition) is 1. The molecular formula is C22H32N2O5Si. The zero-order valence-electron chi connectivity index (χ0n) is 18.7. The average Bonchev–Trinajstić information content (AvgIpc) is 3.31. The van der Waals surface area contributed by atoms with Crippen LogP contribution in [-0.2, 0) is 4.43 Å². The Balaban J connectivity index is 1.87. The number of hydrogen-bond acceptors (Lipinski definition) is 4. The maximum atomic E-state index is 13.6.